The summed E-state index contributed by atoms with van der Waals surface area (Å²) in [6.07, 6.45) is 2.09. The average molecular weight is 300 g/mol. The largest absolute Gasteiger partial charge is 0.381 e. The third-order valence-electron chi connectivity index (χ3n) is 4.51. The predicted molar refractivity (Wildman–Crippen MR) is 89.1 cm³/mol. The van der Waals surface area contributed by atoms with Gasteiger partial charge in [-0.3, -0.25) is 9.69 Å². The Balaban J connectivity index is 1.88. The third-order valence-corrected chi connectivity index (χ3v) is 4.51. The predicted octanol–water partition coefficient (Wildman–Crippen LogP) is 2.92. The fourth-order valence-electron chi connectivity index (χ4n) is 3.26. The number of aromatic amines is 1. The van der Waals surface area contributed by atoms with Crippen LogP contribution in [0.25, 0.3) is 10.9 Å². The van der Waals surface area contributed by atoms with Gasteiger partial charge >= 0.3 is 0 Å². The van der Waals surface area contributed by atoms with Gasteiger partial charge in [-0.15, -0.1) is 0 Å². The SMILES string of the molecule is CC(C)N(Cc1cc2ccccc2[nH]c1=O)C1CCOCC1. The summed E-state index contributed by atoms with van der Waals surface area (Å²) in [6.45, 7) is 6.74. The van der Waals surface area contributed by atoms with E-state index in [1.54, 1.807) is 0 Å². The van der Waals surface area contributed by atoms with Crippen molar-refractivity contribution in [1.82, 2.24) is 9.88 Å². The molecule has 1 saturated heterocycles. The van der Waals surface area contributed by atoms with Crippen molar-refractivity contribution in [3.63, 3.8) is 0 Å². The van der Waals surface area contributed by atoms with Crippen LogP contribution in [0.4, 0.5) is 0 Å². The summed E-state index contributed by atoms with van der Waals surface area (Å²) in [5.41, 5.74) is 1.77. The molecule has 0 amide bonds. The van der Waals surface area contributed by atoms with Crippen LogP contribution in [-0.4, -0.2) is 35.2 Å². The van der Waals surface area contributed by atoms with Crippen LogP contribution in [0.15, 0.2) is 35.1 Å². The fourth-order valence-corrected chi connectivity index (χ4v) is 3.26. The first kappa shape index (κ1) is 15.3. The molecule has 0 aliphatic carbocycles. The number of pyridine rings is 1. The Bertz CT molecular complexity index is 687. The van der Waals surface area contributed by atoms with Crippen molar-refractivity contribution in [3.8, 4) is 0 Å². The number of para-hydroxylation sites is 1. The second-order valence-corrected chi connectivity index (χ2v) is 6.32. The molecule has 2 aromatic rings. The minimum atomic E-state index is 0.0245. The number of ether oxygens (including phenoxy) is 1. The maximum atomic E-state index is 12.4. The molecular weight excluding hydrogens is 276 g/mol. The Hall–Kier alpha value is -1.65. The Kier molecular flexibility index (Phi) is 4.60. The zero-order chi connectivity index (χ0) is 15.5. The monoisotopic (exact) mass is 300 g/mol. The van der Waals surface area contributed by atoms with E-state index < -0.39 is 0 Å². The van der Waals surface area contributed by atoms with Crippen LogP contribution in [0.2, 0.25) is 0 Å². The number of hydrogen-bond donors (Lipinski definition) is 1. The van der Waals surface area contributed by atoms with Gasteiger partial charge in [0.15, 0.2) is 0 Å². The standard InChI is InChI=1S/C18H24N2O2/c1-13(2)20(16-7-9-22-10-8-16)12-15-11-14-5-3-4-6-17(14)19-18(15)21/h3-6,11,13,16H,7-10,12H2,1-2H3,(H,19,21). The number of fused-ring (bicyclic) bond motifs is 1. The van der Waals surface area contributed by atoms with Crippen molar-refractivity contribution in [3.05, 3.63) is 46.2 Å². The molecule has 2 heterocycles. The minimum absolute atomic E-state index is 0.0245. The normalized spacial score (nSPS) is 16.7. The van der Waals surface area contributed by atoms with E-state index >= 15 is 0 Å². The first-order valence-corrected chi connectivity index (χ1v) is 8.09. The number of aromatic nitrogens is 1. The molecule has 1 aromatic heterocycles. The molecule has 0 atom stereocenters. The highest BCUT2D eigenvalue weighted by molar-refractivity contribution is 5.78. The summed E-state index contributed by atoms with van der Waals surface area (Å²) < 4.78 is 5.47. The summed E-state index contributed by atoms with van der Waals surface area (Å²) in [6, 6.07) is 10.9. The van der Waals surface area contributed by atoms with Gasteiger partial charge < -0.3 is 9.72 Å². The molecule has 1 fully saturated rings. The zero-order valence-electron chi connectivity index (χ0n) is 13.3. The summed E-state index contributed by atoms with van der Waals surface area (Å²) in [4.78, 5) is 17.8. The van der Waals surface area contributed by atoms with Crippen LogP contribution in [-0.2, 0) is 11.3 Å². The van der Waals surface area contributed by atoms with Crippen LogP contribution in [0.1, 0.15) is 32.3 Å². The van der Waals surface area contributed by atoms with E-state index in [0.29, 0.717) is 18.6 Å². The van der Waals surface area contributed by atoms with Gasteiger partial charge in [0.25, 0.3) is 5.56 Å². The molecule has 0 bridgehead atoms. The van der Waals surface area contributed by atoms with Gasteiger partial charge in [-0.1, -0.05) is 18.2 Å². The topological polar surface area (TPSA) is 45.3 Å². The van der Waals surface area contributed by atoms with E-state index in [2.05, 4.69) is 23.7 Å². The van der Waals surface area contributed by atoms with E-state index in [4.69, 9.17) is 4.74 Å². The molecule has 4 nitrogen and oxygen atoms in total. The Labute approximate surface area is 131 Å². The molecule has 0 radical (unpaired) electrons. The molecule has 3 rings (SSSR count). The zero-order valence-corrected chi connectivity index (χ0v) is 13.3. The van der Waals surface area contributed by atoms with Gasteiger partial charge in [0.2, 0.25) is 0 Å². The van der Waals surface area contributed by atoms with Gasteiger partial charge in [0, 0.05) is 42.9 Å². The second kappa shape index (κ2) is 6.63. The average Bonchev–Trinajstić information content (AvgIpc) is 2.53. The number of hydrogen-bond acceptors (Lipinski definition) is 3. The summed E-state index contributed by atoms with van der Waals surface area (Å²) >= 11 is 0. The van der Waals surface area contributed by atoms with Crippen molar-refractivity contribution in [2.75, 3.05) is 13.2 Å². The molecule has 118 valence electrons. The van der Waals surface area contributed by atoms with Crippen LogP contribution < -0.4 is 5.56 Å². The van der Waals surface area contributed by atoms with Crippen molar-refractivity contribution >= 4 is 10.9 Å². The van der Waals surface area contributed by atoms with E-state index in [1.165, 1.54) is 0 Å². The van der Waals surface area contributed by atoms with Gasteiger partial charge in [-0.25, -0.2) is 0 Å². The molecule has 1 aromatic carbocycles. The lowest BCUT2D eigenvalue weighted by Crippen LogP contribution is -2.43. The molecule has 22 heavy (non-hydrogen) atoms. The summed E-state index contributed by atoms with van der Waals surface area (Å²) in [5, 5.41) is 1.09. The summed E-state index contributed by atoms with van der Waals surface area (Å²) in [5.74, 6) is 0. The highest BCUT2D eigenvalue weighted by atomic mass is 16.5. The van der Waals surface area contributed by atoms with E-state index in [9.17, 15) is 4.79 Å². The van der Waals surface area contributed by atoms with Crippen LogP contribution in [0.5, 0.6) is 0 Å². The molecule has 0 unspecified atom stereocenters. The molecule has 1 aliphatic rings. The fraction of sp³-hybridized carbons (Fsp3) is 0.500. The van der Waals surface area contributed by atoms with E-state index in [1.807, 2.05) is 30.3 Å². The Morgan fingerprint density at radius 2 is 2.00 bits per heavy atom. The highest BCUT2D eigenvalue weighted by Gasteiger charge is 2.24. The first-order chi connectivity index (χ1) is 10.6. The number of nitrogens with one attached hydrogen (secondary N) is 1. The Morgan fingerprint density at radius 1 is 1.27 bits per heavy atom. The Morgan fingerprint density at radius 3 is 2.73 bits per heavy atom. The van der Waals surface area contributed by atoms with E-state index in [-0.39, 0.29) is 5.56 Å². The van der Waals surface area contributed by atoms with Gasteiger partial charge in [0.05, 0.1) is 0 Å². The maximum absolute atomic E-state index is 12.4. The highest BCUT2D eigenvalue weighted by Crippen LogP contribution is 2.20. The van der Waals surface area contributed by atoms with Crippen LogP contribution in [0.3, 0.4) is 0 Å². The van der Waals surface area contributed by atoms with Gasteiger partial charge in [-0.2, -0.15) is 0 Å². The van der Waals surface area contributed by atoms with Gasteiger partial charge in [-0.05, 0) is 44.2 Å². The van der Waals surface area contributed by atoms with E-state index in [0.717, 1.165) is 42.5 Å². The van der Waals surface area contributed by atoms with Crippen LogP contribution in [0, 0.1) is 0 Å². The number of nitrogens with zero attached hydrogens (tertiary/aromatic N) is 1. The second-order valence-electron chi connectivity index (χ2n) is 6.32. The first-order valence-electron chi connectivity index (χ1n) is 8.09. The number of rotatable bonds is 4. The molecular formula is C18H24N2O2. The molecule has 1 N–H and O–H groups in total. The lowest BCUT2D eigenvalue weighted by atomic mass is 10.0. The smallest absolute Gasteiger partial charge is 0.252 e. The third kappa shape index (κ3) is 3.23. The molecule has 0 saturated carbocycles. The van der Waals surface area contributed by atoms with Crippen LogP contribution >= 0.6 is 0 Å². The summed E-state index contributed by atoms with van der Waals surface area (Å²) in [7, 11) is 0. The molecule has 4 heteroatoms. The van der Waals surface area contributed by atoms with Crippen molar-refractivity contribution in [1.29, 1.82) is 0 Å². The molecule has 0 spiro atoms. The number of benzene rings is 1. The van der Waals surface area contributed by atoms with Crippen molar-refractivity contribution in [2.24, 2.45) is 0 Å². The minimum Gasteiger partial charge on any atom is -0.381 e. The van der Waals surface area contributed by atoms with Crippen molar-refractivity contribution in [2.45, 2.75) is 45.3 Å². The lowest BCUT2D eigenvalue weighted by molar-refractivity contribution is 0.0187. The van der Waals surface area contributed by atoms with Gasteiger partial charge in [0.1, 0.15) is 0 Å². The number of H-pyrrole nitrogens is 1. The maximum Gasteiger partial charge on any atom is 0.252 e. The quantitative estimate of drug-likeness (QED) is 0.944. The van der Waals surface area contributed by atoms with Crippen molar-refractivity contribution < 1.29 is 4.74 Å². The molecule has 1 aliphatic heterocycles. The lowest BCUT2D eigenvalue weighted by Gasteiger charge is -2.37.